The zero-order valence-electron chi connectivity index (χ0n) is 13.6. The van der Waals surface area contributed by atoms with E-state index < -0.39 is 23.5 Å². The molecule has 1 aromatic carbocycles. The Morgan fingerprint density at radius 2 is 2.00 bits per heavy atom. The van der Waals surface area contributed by atoms with Gasteiger partial charge in [0.1, 0.15) is 11.5 Å². The largest absolute Gasteiger partial charge is 0.351 e. The van der Waals surface area contributed by atoms with Crippen LogP contribution in [0.25, 0.3) is 11.0 Å². The molecule has 0 radical (unpaired) electrons. The first kappa shape index (κ1) is 16.2. The van der Waals surface area contributed by atoms with Gasteiger partial charge in [-0.2, -0.15) is 4.98 Å². The molecule has 1 amide bonds. The van der Waals surface area contributed by atoms with E-state index >= 15 is 0 Å². The molecule has 7 nitrogen and oxygen atoms in total. The van der Waals surface area contributed by atoms with Gasteiger partial charge in [-0.05, 0) is 43.2 Å². The molecular formula is C18H15FN4O3. The third-order valence-electron chi connectivity index (χ3n) is 4.44. The normalized spacial score (nSPS) is 15.0. The van der Waals surface area contributed by atoms with Crippen LogP contribution in [0, 0.1) is 5.82 Å². The van der Waals surface area contributed by atoms with Crippen LogP contribution in [-0.2, 0) is 4.79 Å². The van der Waals surface area contributed by atoms with Crippen molar-refractivity contribution >= 4 is 23.2 Å². The van der Waals surface area contributed by atoms with Crippen LogP contribution >= 0.6 is 0 Å². The number of rotatable bonds is 6. The molecule has 26 heavy (non-hydrogen) atoms. The Morgan fingerprint density at radius 1 is 1.27 bits per heavy atom. The molecule has 3 aromatic rings. The number of aromatic nitrogens is 3. The summed E-state index contributed by atoms with van der Waals surface area (Å²) < 4.78 is 16.1. The van der Waals surface area contributed by atoms with Crippen LogP contribution in [0.5, 0.6) is 0 Å². The Kier molecular flexibility index (Phi) is 3.87. The molecular weight excluding hydrogens is 339 g/mol. The van der Waals surface area contributed by atoms with Crippen LogP contribution in [0.4, 0.5) is 4.39 Å². The average molecular weight is 354 g/mol. The molecule has 1 unspecified atom stereocenters. The number of nitrogens with one attached hydrogen (secondary N) is 1. The maximum Gasteiger partial charge on any atom is 0.351 e. The molecule has 1 aliphatic carbocycles. The minimum atomic E-state index is -1.26. The predicted molar refractivity (Wildman–Crippen MR) is 91.2 cm³/mol. The van der Waals surface area contributed by atoms with Gasteiger partial charge in [-0.3, -0.25) is 14.2 Å². The lowest BCUT2D eigenvalue weighted by Gasteiger charge is -2.17. The molecule has 0 bridgehead atoms. The Labute approximate surface area is 147 Å². The predicted octanol–water partition coefficient (Wildman–Crippen LogP) is 1.80. The number of benzene rings is 1. The molecule has 2 aromatic heterocycles. The SMILES string of the molecule is O=CNC(C(=O)c1ccc(F)cc1)n1cc2ccn(C3CC3)c2nc1=O. The van der Waals surface area contributed by atoms with E-state index in [1.165, 1.54) is 18.3 Å². The summed E-state index contributed by atoms with van der Waals surface area (Å²) in [5.74, 6) is -1.02. The van der Waals surface area contributed by atoms with Crippen molar-refractivity contribution in [2.24, 2.45) is 0 Å². The van der Waals surface area contributed by atoms with Crippen LogP contribution in [-0.4, -0.2) is 26.3 Å². The number of carbonyl (C=O) groups excluding carboxylic acids is 2. The van der Waals surface area contributed by atoms with E-state index in [0.717, 1.165) is 29.5 Å². The Hall–Kier alpha value is -3.29. The molecule has 132 valence electrons. The fourth-order valence-electron chi connectivity index (χ4n) is 2.98. The highest BCUT2D eigenvalue weighted by atomic mass is 19.1. The van der Waals surface area contributed by atoms with Gasteiger partial charge < -0.3 is 9.88 Å². The van der Waals surface area contributed by atoms with Crippen molar-refractivity contribution in [2.45, 2.75) is 25.0 Å². The zero-order chi connectivity index (χ0) is 18.3. The molecule has 1 fully saturated rings. The van der Waals surface area contributed by atoms with Gasteiger partial charge in [-0.1, -0.05) is 0 Å². The number of amides is 1. The Balaban J connectivity index is 1.77. The van der Waals surface area contributed by atoms with E-state index in [2.05, 4.69) is 10.3 Å². The molecule has 1 N–H and O–H groups in total. The lowest BCUT2D eigenvalue weighted by molar-refractivity contribution is -0.110. The van der Waals surface area contributed by atoms with Crippen LogP contribution < -0.4 is 11.0 Å². The second-order valence-electron chi connectivity index (χ2n) is 6.22. The fourth-order valence-corrected chi connectivity index (χ4v) is 2.98. The van der Waals surface area contributed by atoms with Gasteiger partial charge in [0, 0.05) is 29.4 Å². The lowest BCUT2D eigenvalue weighted by atomic mass is 10.1. The van der Waals surface area contributed by atoms with Crippen molar-refractivity contribution in [1.29, 1.82) is 0 Å². The van der Waals surface area contributed by atoms with Crippen LogP contribution in [0.2, 0.25) is 0 Å². The summed E-state index contributed by atoms with van der Waals surface area (Å²) in [5.41, 5.74) is 0.0917. The summed E-state index contributed by atoms with van der Waals surface area (Å²) in [4.78, 5) is 40.3. The third-order valence-corrected chi connectivity index (χ3v) is 4.44. The highest BCUT2D eigenvalue weighted by molar-refractivity contribution is 5.99. The second-order valence-corrected chi connectivity index (χ2v) is 6.22. The standard InChI is InChI=1S/C18H15FN4O3/c19-13-3-1-11(2-4-13)15(25)17(20-10-24)23-9-12-7-8-22(14-5-6-14)16(12)21-18(23)26/h1-4,7-10,14,17H,5-6H2,(H,20,24). The summed E-state index contributed by atoms with van der Waals surface area (Å²) in [6.45, 7) is 0. The van der Waals surface area contributed by atoms with Crippen molar-refractivity contribution in [3.05, 3.63) is 64.6 Å². The smallest absolute Gasteiger partial charge is 0.331 e. The summed E-state index contributed by atoms with van der Waals surface area (Å²) in [6.07, 6.45) is 4.55. The van der Waals surface area contributed by atoms with Crippen molar-refractivity contribution < 1.29 is 14.0 Å². The minimum Gasteiger partial charge on any atom is -0.331 e. The average Bonchev–Trinajstić information content (AvgIpc) is 3.40. The van der Waals surface area contributed by atoms with E-state index in [1.807, 2.05) is 16.8 Å². The van der Waals surface area contributed by atoms with Gasteiger partial charge in [0.05, 0.1) is 0 Å². The van der Waals surface area contributed by atoms with Crippen molar-refractivity contribution in [1.82, 2.24) is 19.4 Å². The monoisotopic (exact) mass is 354 g/mol. The number of ketones is 1. The quantitative estimate of drug-likeness (QED) is 0.540. The van der Waals surface area contributed by atoms with Gasteiger partial charge in [0.2, 0.25) is 12.2 Å². The highest BCUT2D eigenvalue weighted by Crippen LogP contribution is 2.36. The van der Waals surface area contributed by atoms with Gasteiger partial charge in [-0.15, -0.1) is 0 Å². The first-order valence-corrected chi connectivity index (χ1v) is 8.17. The molecule has 0 saturated heterocycles. The molecule has 0 spiro atoms. The Bertz CT molecular complexity index is 1050. The van der Waals surface area contributed by atoms with Gasteiger partial charge in [-0.25, -0.2) is 9.18 Å². The third kappa shape index (κ3) is 2.79. The number of hydrogen-bond donors (Lipinski definition) is 1. The van der Waals surface area contributed by atoms with Gasteiger partial charge >= 0.3 is 5.69 Å². The molecule has 8 heteroatoms. The molecule has 1 atom stereocenters. The number of fused-ring (bicyclic) bond motifs is 1. The van der Waals surface area contributed by atoms with E-state index in [0.29, 0.717) is 23.5 Å². The number of Topliss-reactive ketones (excluding diaryl/α,β-unsaturated/α-hetero) is 1. The first-order valence-electron chi connectivity index (χ1n) is 8.17. The number of nitrogens with zero attached hydrogens (tertiary/aromatic N) is 3. The first-order chi connectivity index (χ1) is 12.6. The molecule has 2 heterocycles. The molecule has 1 aliphatic rings. The number of carbonyl (C=O) groups is 2. The summed E-state index contributed by atoms with van der Waals surface area (Å²) in [6, 6.07) is 7.07. The van der Waals surface area contributed by atoms with E-state index in [9.17, 15) is 18.8 Å². The van der Waals surface area contributed by atoms with Crippen molar-refractivity contribution in [3.63, 3.8) is 0 Å². The van der Waals surface area contributed by atoms with E-state index in [1.54, 1.807) is 0 Å². The highest BCUT2D eigenvalue weighted by Gasteiger charge is 2.27. The zero-order valence-corrected chi connectivity index (χ0v) is 13.6. The maximum atomic E-state index is 13.1. The topological polar surface area (TPSA) is 86.0 Å². The summed E-state index contributed by atoms with van der Waals surface area (Å²) >= 11 is 0. The fraction of sp³-hybridized carbons (Fsp3) is 0.222. The molecule has 4 rings (SSSR count). The van der Waals surface area contributed by atoms with Crippen LogP contribution in [0.15, 0.2) is 47.5 Å². The minimum absolute atomic E-state index is 0.174. The van der Waals surface area contributed by atoms with E-state index in [-0.39, 0.29) is 5.56 Å². The van der Waals surface area contributed by atoms with Crippen LogP contribution in [0.1, 0.15) is 35.4 Å². The lowest BCUT2D eigenvalue weighted by Crippen LogP contribution is -2.39. The Morgan fingerprint density at radius 3 is 2.65 bits per heavy atom. The van der Waals surface area contributed by atoms with Gasteiger partial charge in [0.25, 0.3) is 0 Å². The molecule has 1 saturated carbocycles. The number of hydrogen-bond acceptors (Lipinski definition) is 4. The second kappa shape index (κ2) is 6.21. The maximum absolute atomic E-state index is 13.1. The summed E-state index contributed by atoms with van der Waals surface area (Å²) in [7, 11) is 0. The summed E-state index contributed by atoms with van der Waals surface area (Å²) in [5, 5.41) is 3.05. The number of halogens is 1. The van der Waals surface area contributed by atoms with Crippen molar-refractivity contribution in [2.75, 3.05) is 0 Å². The van der Waals surface area contributed by atoms with E-state index in [4.69, 9.17) is 0 Å². The van der Waals surface area contributed by atoms with Crippen LogP contribution in [0.3, 0.4) is 0 Å². The van der Waals surface area contributed by atoms with Gasteiger partial charge in [0.15, 0.2) is 6.17 Å². The molecule has 0 aliphatic heterocycles. The van der Waals surface area contributed by atoms with Crippen molar-refractivity contribution in [3.8, 4) is 0 Å².